The largest absolute Gasteiger partial charge is 0.495 e. The molecule has 3 aliphatic rings. The van der Waals surface area contributed by atoms with E-state index in [1.54, 1.807) is 0 Å². The van der Waals surface area contributed by atoms with Crippen molar-refractivity contribution in [3.05, 3.63) is 58.9 Å². The Morgan fingerprint density at radius 1 is 0.931 bits per heavy atom. The molecule has 152 valence electrons. The van der Waals surface area contributed by atoms with E-state index in [-0.39, 0.29) is 11.9 Å². The molecule has 1 heterocycles. The Bertz CT molecular complexity index is 918. The second kappa shape index (κ2) is 6.58. The highest BCUT2D eigenvalue weighted by Gasteiger charge is 2.52. The van der Waals surface area contributed by atoms with Crippen LogP contribution < -0.4 is 10.2 Å². The van der Waals surface area contributed by atoms with Crippen molar-refractivity contribution in [3.8, 4) is 5.75 Å². The Morgan fingerprint density at radius 2 is 1.59 bits per heavy atom. The van der Waals surface area contributed by atoms with E-state index >= 15 is 0 Å². The number of rotatable bonds is 4. The fraction of sp³-hybridized carbons (Fsp3) is 0.500. The van der Waals surface area contributed by atoms with E-state index in [1.807, 2.05) is 45.9 Å². The van der Waals surface area contributed by atoms with Crippen LogP contribution in [0.3, 0.4) is 0 Å². The van der Waals surface area contributed by atoms with Crippen molar-refractivity contribution in [3.63, 3.8) is 0 Å². The third kappa shape index (κ3) is 3.29. The first-order valence-corrected chi connectivity index (χ1v) is 10.7. The van der Waals surface area contributed by atoms with Crippen LogP contribution in [-0.4, -0.2) is 18.3 Å². The van der Waals surface area contributed by atoms with Crippen molar-refractivity contribution < 1.29 is 18.4 Å². The monoisotopic (exact) mass is 394 g/mol. The Hall–Kier alpha value is -1.85. The number of benzene rings is 2. The summed E-state index contributed by atoms with van der Waals surface area (Å²) in [6.07, 6.45) is 3.80. The third-order valence-corrected chi connectivity index (χ3v) is 7.03. The van der Waals surface area contributed by atoms with Gasteiger partial charge in [0.15, 0.2) is 0 Å². The highest BCUT2D eigenvalue weighted by atomic mass is 19.1. The fourth-order valence-corrected chi connectivity index (χ4v) is 4.41. The van der Waals surface area contributed by atoms with Gasteiger partial charge in [-0.25, -0.2) is 4.39 Å². The van der Waals surface area contributed by atoms with Crippen LogP contribution in [0.25, 0.3) is 0 Å². The summed E-state index contributed by atoms with van der Waals surface area (Å²) in [4.78, 5) is 0. The van der Waals surface area contributed by atoms with Gasteiger partial charge < -0.3 is 14.0 Å². The van der Waals surface area contributed by atoms with E-state index in [4.69, 9.17) is 14.0 Å². The summed E-state index contributed by atoms with van der Waals surface area (Å²) in [7, 11) is -0.481. The lowest BCUT2D eigenvalue weighted by molar-refractivity contribution is 0.00578. The maximum Gasteiger partial charge on any atom is 0.495 e. The molecule has 1 aliphatic heterocycles. The van der Waals surface area contributed by atoms with Gasteiger partial charge in [0.25, 0.3) is 0 Å². The molecule has 2 aromatic rings. The maximum atomic E-state index is 14.8. The maximum absolute atomic E-state index is 14.8. The summed E-state index contributed by atoms with van der Waals surface area (Å²) in [5.74, 6) is 1.31. The average molecular weight is 394 g/mol. The number of fused-ring (bicyclic) bond motifs is 1. The highest BCUT2D eigenvalue weighted by molar-refractivity contribution is 6.62. The predicted octanol–water partition coefficient (Wildman–Crippen LogP) is 5.07. The van der Waals surface area contributed by atoms with Gasteiger partial charge in [0.2, 0.25) is 0 Å². The lowest BCUT2D eigenvalue weighted by atomic mass is 9.75. The zero-order chi connectivity index (χ0) is 20.4. The molecule has 29 heavy (non-hydrogen) atoms. The third-order valence-electron chi connectivity index (χ3n) is 7.03. The van der Waals surface area contributed by atoms with Gasteiger partial charge in [0.1, 0.15) is 17.7 Å². The van der Waals surface area contributed by atoms with Crippen LogP contribution in [0.15, 0.2) is 36.4 Å². The first-order chi connectivity index (χ1) is 13.7. The van der Waals surface area contributed by atoms with E-state index in [0.717, 1.165) is 35.5 Å². The molecule has 0 N–H and O–H groups in total. The molecule has 2 aromatic carbocycles. The number of ether oxygens (including phenoxy) is 1. The molecule has 1 atom stereocenters. The molecule has 3 nitrogen and oxygen atoms in total. The lowest BCUT2D eigenvalue weighted by Crippen LogP contribution is -2.41. The van der Waals surface area contributed by atoms with Gasteiger partial charge in [-0.2, -0.15) is 0 Å². The number of hydrogen-bond acceptors (Lipinski definition) is 3. The SMILES string of the molecule is CC1(C)OB(c2ccc(F)c3c2CCC3Oc2ccc(C3CC3)cc2)OC1(C)C. The molecule has 0 bridgehead atoms. The van der Waals surface area contributed by atoms with Crippen LogP contribution in [0, 0.1) is 5.82 Å². The molecule has 0 spiro atoms. The van der Waals surface area contributed by atoms with Crippen LogP contribution in [0.2, 0.25) is 0 Å². The fourth-order valence-electron chi connectivity index (χ4n) is 4.41. The second-order valence-corrected chi connectivity index (χ2v) is 9.61. The van der Waals surface area contributed by atoms with Gasteiger partial charge in [0, 0.05) is 5.56 Å². The minimum absolute atomic E-state index is 0.211. The van der Waals surface area contributed by atoms with Crippen molar-refractivity contribution in [1.82, 2.24) is 0 Å². The summed E-state index contributed by atoms with van der Waals surface area (Å²) >= 11 is 0. The Morgan fingerprint density at radius 3 is 2.21 bits per heavy atom. The van der Waals surface area contributed by atoms with Crippen LogP contribution in [0.1, 0.15) is 75.7 Å². The summed E-state index contributed by atoms with van der Waals surface area (Å²) < 4.78 is 33.5. The quantitative estimate of drug-likeness (QED) is 0.678. The molecular weight excluding hydrogens is 366 g/mol. The molecule has 1 saturated heterocycles. The molecule has 1 unspecified atom stereocenters. The van der Waals surface area contributed by atoms with Gasteiger partial charge in [-0.05, 0) is 94.1 Å². The van der Waals surface area contributed by atoms with Gasteiger partial charge in [-0.3, -0.25) is 0 Å². The van der Waals surface area contributed by atoms with E-state index < -0.39 is 18.3 Å². The first-order valence-electron chi connectivity index (χ1n) is 10.7. The predicted molar refractivity (Wildman–Crippen MR) is 112 cm³/mol. The topological polar surface area (TPSA) is 27.7 Å². The molecule has 2 fully saturated rings. The van der Waals surface area contributed by atoms with Crippen molar-refractivity contribution in [2.24, 2.45) is 0 Å². The Labute approximate surface area is 172 Å². The van der Waals surface area contributed by atoms with E-state index in [2.05, 4.69) is 12.1 Å². The highest BCUT2D eigenvalue weighted by Crippen LogP contribution is 2.42. The molecule has 5 rings (SSSR count). The molecule has 2 aliphatic carbocycles. The van der Waals surface area contributed by atoms with Crippen LogP contribution in [0.5, 0.6) is 5.75 Å². The summed E-state index contributed by atoms with van der Waals surface area (Å²) in [5.41, 5.74) is 3.09. The summed E-state index contributed by atoms with van der Waals surface area (Å²) in [5, 5.41) is 0. The lowest BCUT2D eigenvalue weighted by Gasteiger charge is -2.32. The van der Waals surface area contributed by atoms with Crippen LogP contribution in [0.4, 0.5) is 4.39 Å². The van der Waals surface area contributed by atoms with Crippen molar-refractivity contribution in [1.29, 1.82) is 0 Å². The molecule has 0 aromatic heterocycles. The molecule has 5 heteroatoms. The van der Waals surface area contributed by atoms with E-state index in [9.17, 15) is 4.39 Å². The van der Waals surface area contributed by atoms with Gasteiger partial charge >= 0.3 is 7.12 Å². The average Bonchev–Trinajstić information content (AvgIpc) is 3.38. The summed E-state index contributed by atoms with van der Waals surface area (Å²) in [6.45, 7) is 8.14. The standard InChI is InChI=1S/C24H28BFO3/c1-23(2)24(3,4)29-25(28-23)19-12-13-20(26)22-18(19)11-14-21(22)27-17-9-7-16(8-10-17)15-5-6-15/h7-10,12-13,15,21H,5-6,11,14H2,1-4H3. The van der Waals surface area contributed by atoms with Crippen LogP contribution in [-0.2, 0) is 15.7 Å². The van der Waals surface area contributed by atoms with Crippen LogP contribution >= 0.6 is 0 Å². The minimum atomic E-state index is -0.481. The number of hydrogen-bond donors (Lipinski definition) is 0. The molecular formula is C24H28BFO3. The smallest absolute Gasteiger partial charge is 0.486 e. The van der Waals surface area contributed by atoms with E-state index in [0.29, 0.717) is 5.56 Å². The van der Waals surface area contributed by atoms with Crippen molar-refractivity contribution in [2.45, 2.75) is 76.6 Å². The van der Waals surface area contributed by atoms with Gasteiger partial charge in [0.05, 0.1) is 11.2 Å². The Kier molecular flexibility index (Phi) is 4.34. The molecule has 0 radical (unpaired) electrons. The van der Waals surface area contributed by atoms with Crippen molar-refractivity contribution in [2.75, 3.05) is 0 Å². The minimum Gasteiger partial charge on any atom is -0.486 e. The number of halogens is 1. The second-order valence-electron chi connectivity index (χ2n) is 9.61. The molecule has 1 saturated carbocycles. The van der Waals surface area contributed by atoms with E-state index in [1.165, 1.54) is 24.5 Å². The molecule has 0 amide bonds. The zero-order valence-electron chi connectivity index (χ0n) is 17.6. The van der Waals surface area contributed by atoms with Gasteiger partial charge in [-0.1, -0.05) is 18.2 Å². The zero-order valence-corrected chi connectivity index (χ0v) is 17.6. The Balaban J connectivity index is 1.41. The van der Waals surface area contributed by atoms with Gasteiger partial charge in [-0.15, -0.1) is 0 Å². The first kappa shape index (κ1) is 19.1. The normalized spacial score (nSPS) is 24.6. The summed E-state index contributed by atoms with van der Waals surface area (Å²) in [6, 6.07) is 11.6. The van der Waals surface area contributed by atoms with Crippen molar-refractivity contribution >= 4 is 12.6 Å².